The summed E-state index contributed by atoms with van der Waals surface area (Å²) >= 11 is 0. The molecular formula is C16H21N9O. The van der Waals surface area contributed by atoms with E-state index in [1.165, 1.54) is 6.33 Å². The maximum atomic E-state index is 12.5. The van der Waals surface area contributed by atoms with Crippen molar-refractivity contribution in [1.82, 2.24) is 34.4 Å². The molecule has 0 fully saturated rings. The molecule has 0 aliphatic heterocycles. The Kier molecular flexibility index (Phi) is 4.83. The predicted octanol–water partition coefficient (Wildman–Crippen LogP) is 0.921. The van der Waals surface area contributed by atoms with Crippen molar-refractivity contribution >= 4 is 17.7 Å². The highest BCUT2D eigenvalue weighted by atomic mass is 16.2. The Morgan fingerprint density at radius 2 is 1.65 bits per heavy atom. The molecule has 0 saturated carbocycles. The summed E-state index contributed by atoms with van der Waals surface area (Å²) in [6.45, 7) is 0. The second kappa shape index (κ2) is 7.21. The van der Waals surface area contributed by atoms with Crippen molar-refractivity contribution in [2.45, 2.75) is 6.04 Å². The van der Waals surface area contributed by atoms with Crippen LogP contribution in [0.25, 0.3) is 0 Å². The minimum absolute atomic E-state index is 0.402. The Morgan fingerprint density at radius 3 is 2.15 bits per heavy atom. The van der Waals surface area contributed by atoms with Crippen LogP contribution in [-0.4, -0.2) is 49.2 Å². The zero-order chi connectivity index (χ0) is 18.7. The van der Waals surface area contributed by atoms with E-state index in [9.17, 15) is 4.79 Å². The fourth-order valence-corrected chi connectivity index (χ4v) is 2.50. The fourth-order valence-electron chi connectivity index (χ4n) is 2.50. The third kappa shape index (κ3) is 3.63. The van der Waals surface area contributed by atoms with E-state index in [0.29, 0.717) is 23.3 Å². The molecule has 0 atom stereocenters. The maximum absolute atomic E-state index is 12.5. The molecule has 3 aromatic heterocycles. The van der Waals surface area contributed by atoms with Crippen LogP contribution in [0, 0.1) is 0 Å². The second-order valence-electron chi connectivity index (χ2n) is 5.98. The molecule has 136 valence electrons. The summed E-state index contributed by atoms with van der Waals surface area (Å²) in [7, 11) is 7.46. The summed E-state index contributed by atoms with van der Waals surface area (Å²) in [6.07, 6.45) is 8.40. The summed E-state index contributed by atoms with van der Waals surface area (Å²) in [6, 6.07) is 0.769. The molecule has 0 aliphatic rings. The number of nitrogens with zero attached hydrogens (tertiary/aromatic N) is 7. The first-order valence-corrected chi connectivity index (χ1v) is 7.97. The van der Waals surface area contributed by atoms with Crippen LogP contribution in [0.15, 0.2) is 37.2 Å². The molecule has 0 aromatic carbocycles. The lowest BCUT2D eigenvalue weighted by Crippen LogP contribution is -2.36. The van der Waals surface area contributed by atoms with Crippen molar-refractivity contribution in [1.29, 1.82) is 0 Å². The highest BCUT2D eigenvalue weighted by molar-refractivity contribution is 5.89. The van der Waals surface area contributed by atoms with E-state index in [1.807, 2.05) is 54.6 Å². The van der Waals surface area contributed by atoms with Gasteiger partial charge in [0.05, 0.1) is 0 Å². The van der Waals surface area contributed by atoms with Crippen molar-refractivity contribution < 1.29 is 4.79 Å². The topological polar surface area (TPSA) is 106 Å². The lowest BCUT2D eigenvalue weighted by atomic mass is 10.2. The molecule has 3 aromatic rings. The number of imidazole rings is 2. The molecule has 0 radical (unpaired) electrons. The number of aromatic nitrogens is 6. The third-order valence-corrected chi connectivity index (χ3v) is 3.86. The highest BCUT2D eigenvalue weighted by Crippen LogP contribution is 2.19. The van der Waals surface area contributed by atoms with Crippen LogP contribution in [0.3, 0.4) is 0 Å². The maximum Gasteiger partial charge on any atom is 0.321 e. The van der Waals surface area contributed by atoms with Gasteiger partial charge in [0.15, 0.2) is 0 Å². The molecule has 2 N–H and O–H groups in total. The zero-order valence-electron chi connectivity index (χ0n) is 15.1. The van der Waals surface area contributed by atoms with Crippen molar-refractivity contribution in [3.8, 4) is 0 Å². The molecule has 10 nitrogen and oxygen atoms in total. The molecule has 2 amide bonds. The number of hydrogen-bond donors (Lipinski definition) is 2. The number of hydrogen-bond acceptors (Lipinski definition) is 6. The van der Waals surface area contributed by atoms with E-state index < -0.39 is 12.1 Å². The van der Waals surface area contributed by atoms with Gasteiger partial charge in [-0.2, -0.15) is 0 Å². The number of aryl methyl sites for hydroxylation is 2. The second-order valence-corrected chi connectivity index (χ2v) is 5.98. The third-order valence-electron chi connectivity index (χ3n) is 3.86. The van der Waals surface area contributed by atoms with Crippen molar-refractivity contribution in [3.05, 3.63) is 48.8 Å². The van der Waals surface area contributed by atoms with Crippen molar-refractivity contribution in [2.75, 3.05) is 24.3 Å². The van der Waals surface area contributed by atoms with Gasteiger partial charge in [-0.3, -0.25) is 5.32 Å². The molecule has 0 saturated heterocycles. The van der Waals surface area contributed by atoms with Gasteiger partial charge in [0.1, 0.15) is 35.7 Å². The van der Waals surface area contributed by atoms with Crippen LogP contribution in [0.2, 0.25) is 0 Å². The summed E-state index contributed by atoms with van der Waals surface area (Å²) in [5.41, 5.74) is 0. The van der Waals surface area contributed by atoms with Crippen LogP contribution in [0.5, 0.6) is 0 Å². The first kappa shape index (κ1) is 17.4. The molecule has 0 unspecified atom stereocenters. The summed E-state index contributed by atoms with van der Waals surface area (Å²) < 4.78 is 3.68. The Morgan fingerprint density at radius 1 is 1.04 bits per heavy atom. The van der Waals surface area contributed by atoms with E-state index in [4.69, 9.17) is 0 Å². The van der Waals surface area contributed by atoms with Crippen LogP contribution >= 0.6 is 0 Å². The van der Waals surface area contributed by atoms with Gasteiger partial charge in [-0.1, -0.05) is 0 Å². The quantitative estimate of drug-likeness (QED) is 0.705. The minimum Gasteiger partial charge on any atom is -0.363 e. The van der Waals surface area contributed by atoms with Gasteiger partial charge in [-0.05, 0) is 0 Å². The van der Waals surface area contributed by atoms with Gasteiger partial charge in [0, 0.05) is 59.0 Å². The number of carbonyl (C=O) groups is 1. The van der Waals surface area contributed by atoms with Crippen LogP contribution in [-0.2, 0) is 14.1 Å². The Labute approximate surface area is 150 Å². The lowest BCUT2D eigenvalue weighted by molar-refractivity contribution is 0.249. The lowest BCUT2D eigenvalue weighted by Gasteiger charge is -2.19. The van der Waals surface area contributed by atoms with E-state index in [2.05, 4.69) is 30.6 Å². The monoisotopic (exact) mass is 355 g/mol. The minimum atomic E-state index is -0.509. The molecule has 0 aliphatic carbocycles. The molecule has 0 spiro atoms. The standard InChI is InChI=1S/C16H21N9O/c1-23(2)12-9-11(19-10-20-12)21-16(26)22-13(14-17-5-7-24(14)3)15-18-6-8-25(15)4/h5-10,13H,1-4H3,(H2,19,20,21,22,26). The molecule has 3 heterocycles. The average Bonchev–Trinajstić information content (AvgIpc) is 3.21. The van der Waals surface area contributed by atoms with E-state index in [1.54, 1.807) is 18.5 Å². The Hall–Kier alpha value is -3.43. The smallest absolute Gasteiger partial charge is 0.321 e. The van der Waals surface area contributed by atoms with Crippen molar-refractivity contribution in [2.24, 2.45) is 14.1 Å². The molecule has 3 rings (SSSR count). The van der Waals surface area contributed by atoms with Gasteiger partial charge >= 0.3 is 6.03 Å². The van der Waals surface area contributed by atoms with Gasteiger partial charge in [0.25, 0.3) is 0 Å². The average molecular weight is 355 g/mol. The van der Waals surface area contributed by atoms with E-state index >= 15 is 0 Å². The van der Waals surface area contributed by atoms with E-state index in [0.717, 1.165) is 0 Å². The zero-order valence-corrected chi connectivity index (χ0v) is 15.1. The van der Waals surface area contributed by atoms with Crippen LogP contribution in [0.4, 0.5) is 16.4 Å². The predicted molar refractivity (Wildman–Crippen MR) is 96.8 cm³/mol. The molecule has 10 heteroatoms. The van der Waals surface area contributed by atoms with Gasteiger partial charge in [-0.25, -0.2) is 24.7 Å². The number of anilines is 2. The van der Waals surface area contributed by atoms with Crippen molar-refractivity contribution in [3.63, 3.8) is 0 Å². The molecule has 26 heavy (non-hydrogen) atoms. The largest absolute Gasteiger partial charge is 0.363 e. The summed E-state index contributed by atoms with van der Waals surface area (Å²) in [4.78, 5) is 31.3. The first-order chi connectivity index (χ1) is 12.5. The number of urea groups is 1. The number of carbonyl (C=O) groups excluding carboxylic acids is 1. The Bertz CT molecular complexity index is 858. The van der Waals surface area contributed by atoms with Gasteiger partial charge < -0.3 is 19.4 Å². The fraction of sp³-hybridized carbons (Fsp3) is 0.312. The normalized spacial score (nSPS) is 10.8. The van der Waals surface area contributed by atoms with Gasteiger partial charge in [-0.15, -0.1) is 0 Å². The Balaban J connectivity index is 1.81. The highest BCUT2D eigenvalue weighted by Gasteiger charge is 2.24. The van der Waals surface area contributed by atoms with Crippen LogP contribution in [0.1, 0.15) is 17.7 Å². The molecule has 0 bridgehead atoms. The summed E-state index contributed by atoms with van der Waals surface area (Å²) in [5.74, 6) is 2.44. The summed E-state index contributed by atoms with van der Waals surface area (Å²) in [5, 5.41) is 5.64. The first-order valence-electron chi connectivity index (χ1n) is 7.97. The number of rotatable bonds is 5. The number of nitrogens with one attached hydrogen (secondary N) is 2. The van der Waals surface area contributed by atoms with E-state index in [-0.39, 0.29) is 0 Å². The number of amides is 2. The molecular weight excluding hydrogens is 334 g/mol. The van der Waals surface area contributed by atoms with Gasteiger partial charge in [0.2, 0.25) is 0 Å². The SMILES string of the molecule is CN(C)c1cc(NC(=O)NC(c2nccn2C)c2nccn2C)ncn1. The van der Waals surface area contributed by atoms with Crippen LogP contribution < -0.4 is 15.5 Å².